The molecule has 9 heteroatoms. The van der Waals surface area contributed by atoms with E-state index in [9.17, 15) is 13.2 Å². The van der Waals surface area contributed by atoms with Gasteiger partial charge >= 0.3 is 0 Å². The zero-order valence-corrected chi connectivity index (χ0v) is 18.0. The Bertz CT molecular complexity index is 1180. The second kappa shape index (κ2) is 8.63. The minimum absolute atomic E-state index is 0.0336. The Morgan fingerprint density at radius 2 is 1.62 bits per heavy atom. The smallest absolute Gasteiger partial charge is 0.263 e. The van der Waals surface area contributed by atoms with Gasteiger partial charge in [-0.05, 0) is 30.3 Å². The molecule has 29 heavy (non-hydrogen) atoms. The normalized spacial score (nSPS) is 11.2. The van der Waals surface area contributed by atoms with E-state index in [1.165, 1.54) is 37.4 Å². The molecular formula is C20H14Cl3NO4S. The van der Waals surface area contributed by atoms with Crippen LogP contribution in [0.2, 0.25) is 15.1 Å². The van der Waals surface area contributed by atoms with Crippen molar-refractivity contribution in [1.82, 2.24) is 0 Å². The molecule has 0 aliphatic carbocycles. The molecule has 5 nitrogen and oxygen atoms in total. The van der Waals surface area contributed by atoms with E-state index in [1.807, 2.05) is 0 Å². The third-order valence-electron chi connectivity index (χ3n) is 4.03. The second-order valence-electron chi connectivity index (χ2n) is 5.88. The number of halogens is 3. The van der Waals surface area contributed by atoms with Crippen molar-refractivity contribution < 1.29 is 17.9 Å². The third kappa shape index (κ3) is 4.51. The van der Waals surface area contributed by atoms with Gasteiger partial charge in [-0.25, -0.2) is 8.42 Å². The standard InChI is InChI=1S/C20H14Cl3NO4S/c1-28-16-9-10-17(19(23)18(16)22)29(26,27)24-15-8-7-13(21)11-14(15)20(25)12-5-3-2-4-6-12/h2-11,24H,1H3. The van der Waals surface area contributed by atoms with Crippen LogP contribution in [-0.2, 0) is 10.0 Å². The molecular weight excluding hydrogens is 457 g/mol. The van der Waals surface area contributed by atoms with Crippen LogP contribution < -0.4 is 9.46 Å². The number of rotatable bonds is 6. The fraction of sp³-hybridized carbons (Fsp3) is 0.0500. The molecule has 0 fully saturated rings. The van der Waals surface area contributed by atoms with Gasteiger partial charge in [-0.2, -0.15) is 0 Å². The van der Waals surface area contributed by atoms with Gasteiger partial charge < -0.3 is 4.74 Å². The Hall–Kier alpha value is -2.25. The van der Waals surface area contributed by atoms with Crippen LogP contribution in [0.3, 0.4) is 0 Å². The molecule has 0 aliphatic heterocycles. The zero-order chi connectivity index (χ0) is 21.2. The highest BCUT2D eigenvalue weighted by Crippen LogP contribution is 2.37. The summed E-state index contributed by atoms with van der Waals surface area (Å²) in [7, 11) is -2.77. The van der Waals surface area contributed by atoms with Crippen molar-refractivity contribution in [1.29, 1.82) is 0 Å². The van der Waals surface area contributed by atoms with Crippen LogP contribution in [0, 0.1) is 0 Å². The van der Waals surface area contributed by atoms with Crippen molar-refractivity contribution in [2.45, 2.75) is 4.90 Å². The van der Waals surface area contributed by atoms with Crippen molar-refractivity contribution in [2.75, 3.05) is 11.8 Å². The number of ketones is 1. The monoisotopic (exact) mass is 469 g/mol. The maximum absolute atomic E-state index is 12.9. The van der Waals surface area contributed by atoms with E-state index in [0.29, 0.717) is 5.56 Å². The number of sulfonamides is 1. The topological polar surface area (TPSA) is 72.5 Å². The van der Waals surface area contributed by atoms with Gasteiger partial charge in [0.05, 0.1) is 17.8 Å². The first-order valence-corrected chi connectivity index (χ1v) is 10.8. The fourth-order valence-corrected chi connectivity index (χ4v) is 4.71. The molecule has 0 aliphatic rings. The highest BCUT2D eigenvalue weighted by molar-refractivity contribution is 7.92. The molecule has 0 amide bonds. The molecule has 3 rings (SSSR count). The van der Waals surface area contributed by atoms with Crippen LogP contribution in [0.5, 0.6) is 5.75 Å². The van der Waals surface area contributed by atoms with Crippen LogP contribution in [0.4, 0.5) is 5.69 Å². The minimum Gasteiger partial charge on any atom is -0.495 e. The van der Waals surface area contributed by atoms with E-state index < -0.39 is 10.0 Å². The van der Waals surface area contributed by atoms with Crippen molar-refractivity contribution >= 4 is 56.3 Å². The van der Waals surface area contributed by atoms with Crippen LogP contribution in [0.1, 0.15) is 15.9 Å². The summed E-state index contributed by atoms with van der Waals surface area (Å²) >= 11 is 18.2. The molecule has 0 bridgehead atoms. The number of hydrogen-bond acceptors (Lipinski definition) is 4. The van der Waals surface area contributed by atoms with Crippen LogP contribution in [0.25, 0.3) is 0 Å². The largest absolute Gasteiger partial charge is 0.495 e. The maximum Gasteiger partial charge on any atom is 0.263 e. The van der Waals surface area contributed by atoms with E-state index in [4.69, 9.17) is 39.5 Å². The average Bonchev–Trinajstić information content (AvgIpc) is 2.71. The summed E-state index contributed by atoms with van der Waals surface area (Å²) in [5.74, 6) is -0.147. The van der Waals surface area contributed by atoms with Crippen LogP contribution in [-0.4, -0.2) is 21.3 Å². The van der Waals surface area contributed by atoms with Gasteiger partial charge in [-0.3, -0.25) is 9.52 Å². The summed E-state index contributed by atoms with van der Waals surface area (Å²) < 4.78 is 33.3. The Kier molecular flexibility index (Phi) is 6.39. The minimum atomic E-state index is -4.16. The maximum atomic E-state index is 12.9. The van der Waals surface area contributed by atoms with Gasteiger partial charge in [-0.15, -0.1) is 0 Å². The van der Waals surface area contributed by atoms with Crippen LogP contribution >= 0.6 is 34.8 Å². The summed E-state index contributed by atoms with van der Waals surface area (Å²) in [6.45, 7) is 0. The molecule has 0 unspecified atom stereocenters. The second-order valence-corrected chi connectivity index (χ2v) is 8.73. The first kappa shape index (κ1) is 21.5. The molecule has 0 heterocycles. The van der Waals surface area contributed by atoms with E-state index in [2.05, 4.69) is 4.72 Å². The lowest BCUT2D eigenvalue weighted by Gasteiger charge is -2.15. The lowest BCUT2D eigenvalue weighted by atomic mass is 10.0. The third-order valence-corrected chi connectivity index (χ3v) is 6.65. The highest BCUT2D eigenvalue weighted by Gasteiger charge is 2.24. The predicted octanol–water partition coefficient (Wildman–Crippen LogP) is 5.69. The summed E-state index contributed by atoms with van der Waals surface area (Å²) in [5.41, 5.74) is 0.551. The Labute approximate surface area is 183 Å². The van der Waals surface area contributed by atoms with Gasteiger partial charge in [0.2, 0.25) is 0 Å². The summed E-state index contributed by atoms with van der Waals surface area (Å²) in [4.78, 5) is 12.6. The van der Waals surface area contributed by atoms with Crippen molar-refractivity contribution in [3.63, 3.8) is 0 Å². The summed E-state index contributed by atoms with van der Waals surface area (Å²) in [5, 5.41) is 0.0647. The SMILES string of the molecule is COc1ccc(S(=O)(=O)Nc2ccc(Cl)cc2C(=O)c2ccccc2)c(Cl)c1Cl. The quantitative estimate of drug-likeness (QED) is 0.470. The van der Waals surface area contributed by atoms with Crippen LogP contribution in [0.15, 0.2) is 65.6 Å². The van der Waals surface area contributed by atoms with Crippen molar-refractivity contribution in [3.05, 3.63) is 86.9 Å². The Morgan fingerprint density at radius 3 is 2.28 bits per heavy atom. The van der Waals surface area contributed by atoms with E-state index >= 15 is 0 Å². The number of anilines is 1. The number of benzene rings is 3. The van der Waals surface area contributed by atoms with Gasteiger partial charge in [0.1, 0.15) is 15.7 Å². The summed E-state index contributed by atoms with van der Waals surface area (Å²) in [6.07, 6.45) is 0. The molecule has 0 aromatic heterocycles. The van der Waals surface area contributed by atoms with E-state index in [1.54, 1.807) is 30.3 Å². The molecule has 3 aromatic rings. The zero-order valence-electron chi connectivity index (χ0n) is 14.9. The lowest BCUT2D eigenvalue weighted by molar-refractivity contribution is 0.103. The predicted molar refractivity (Wildman–Crippen MR) is 115 cm³/mol. The van der Waals surface area contributed by atoms with Gasteiger partial charge in [0, 0.05) is 16.1 Å². The fourth-order valence-electron chi connectivity index (χ4n) is 2.62. The molecule has 3 aromatic carbocycles. The van der Waals surface area contributed by atoms with Gasteiger partial charge in [0.15, 0.2) is 5.78 Å². The number of nitrogens with one attached hydrogen (secondary N) is 1. The molecule has 0 spiro atoms. The number of carbonyl (C=O) groups excluding carboxylic acids is 1. The highest BCUT2D eigenvalue weighted by atomic mass is 35.5. The number of carbonyl (C=O) groups is 1. The number of ether oxygens (including phenoxy) is 1. The molecule has 150 valence electrons. The Balaban J connectivity index is 2.05. The molecule has 0 saturated heterocycles. The van der Waals surface area contributed by atoms with Gasteiger partial charge in [0.25, 0.3) is 10.0 Å². The lowest BCUT2D eigenvalue weighted by Crippen LogP contribution is -2.16. The molecule has 0 radical (unpaired) electrons. The Morgan fingerprint density at radius 1 is 0.931 bits per heavy atom. The number of hydrogen-bond donors (Lipinski definition) is 1. The van der Waals surface area contributed by atoms with Crippen molar-refractivity contribution in [3.8, 4) is 5.75 Å². The molecule has 0 atom stereocenters. The number of methoxy groups -OCH3 is 1. The van der Waals surface area contributed by atoms with Gasteiger partial charge in [-0.1, -0.05) is 65.1 Å². The first-order chi connectivity index (χ1) is 13.7. The molecule has 1 N–H and O–H groups in total. The van der Waals surface area contributed by atoms with Crippen molar-refractivity contribution in [2.24, 2.45) is 0 Å². The summed E-state index contributed by atoms with van der Waals surface area (Å²) in [6, 6.07) is 15.4. The first-order valence-electron chi connectivity index (χ1n) is 8.18. The van der Waals surface area contributed by atoms with E-state index in [-0.39, 0.29) is 42.7 Å². The molecule has 0 saturated carbocycles. The average molecular weight is 471 g/mol. The van der Waals surface area contributed by atoms with E-state index in [0.717, 1.165) is 0 Å².